The van der Waals surface area contributed by atoms with Gasteiger partial charge in [0.05, 0.1) is 0 Å². The fourth-order valence-corrected chi connectivity index (χ4v) is 2.64. The van der Waals surface area contributed by atoms with Crippen molar-refractivity contribution >= 4 is 11.5 Å². The summed E-state index contributed by atoms with van der Waals surface area (Å²) < 4.78 is 0. The predicted octanol–water partition coefficient (Wildman–Crippen LogP) is 2.44. The van der Waals surface area contributed by atoms with Crippen LogP contribution in [0.3, 0.4) is 0 Å². The lowest BCUT2D eigenvalue weighted by molar-refractivity contribution is -0.130. The van der Waals surface area contributed by atoms with E-state index in [1.165, 1.54) is 24.0 Å². The Labute approximate surface area is 120 Å². The standard InChI is InChI=1S/C17H22N2O/c20-17(8-11-18-16-6-7-16)19-12-9-15(10-13-19)14-4-2-1-3-5-14/h1-5,9,16,18H,6-8,10-13H2. The number of nitrogens with zero attached hydrogens (tertiary/aromatic N) is 1. The molecule has 0 bridgehead atoms. The van der Waals surface area contributed by atoms with Gasteiger partial charge in [-0.2, -0.15) is 0 Å². The Hall–Kier alpha value is -1.61. The Kier molecular flexibility index (Phi) is 4.16. The third-order valence-corrected chi connectivity index (χ3v) is 4.06. The van der Waals surface area contributed by atoms with Crippen LogP contribution in [0.1, 0.15) is 31.2 Å². The van der Waals surface area contributed by atoms with E-state index in [2.05, 4.69) is 35.7 Å². The van der Waals surface area contributed by atoms with Crippen molar-refractivity contribution in [1.82, 2.24) is 10.2 Å². The molecule has 1 fully saturated rings. The third kappa shape index (κ3) is 3.48. The first-order chi connectivity index (χ1) is 9.83. The molecule has 1 aliphatic carbocycles. The molecule has 1 aromatic rings. The van der Waals surface area contributed by atoms with Gasteiger partial charge in [0.25, 0.3) is 0 Å². The smallest absolute Gasteiger partial charge is 0.224 e. The van der Waals surface area contributed by atoms with Crippen LogP contribution in [0.2, 0.25) is 0 Å². The average molecular weight is 270 g/mol. The largest absolute Gasteiger partial charge is 0.339 e. The molecule has 3 nitrogen and oxygen atoms in total. The van der Waals surface area contributed by atoms with Gasteiger partial charge in [-0.25, -0.2) is 0 Å². The summed E-state index contributed by atoms with van der Waals surface area (Å²) in [6.45, 7) is 2.44. The van der Waals surface area contributed by atoms with Gasteiger partial charge in [-0.1, -0.05) is 36.4 Å². The summed E-state index contributed by atoms with van der Waals surface area (Å²) >= 11 is 0. The number of carbonyl (C=O) groups is 1. The lowest BCUT2D eigenvalue weighted by Gasteiger charge is -2.27. The van der Waals surface area contributed by atoms with E-state index in [0.29, 0.717) is 12.5 Å². The maximum Gasteiger partial charge on any atom is 0.224 e. The van der Waals surface area contributed by atoms with Crippen LogP contribution in [0.5, 0.6) is 0 Å². The molecule has 3 rings (SSSR count). The van der Waals surface area contributed by atoms with Gasteiger partial charge in [0, 0.05) is 32.1 Å². The molecule has 1 amide bonds. The molecule has 106 valence electrons. The van der Waals surface area contributed by atoms with Crippen molar-refractivity contribution in [2.75, 3.05) is 19.6 Å². The normalized spacial score (nSPS) is 18.8. The molecule has 0 aromatic heterocycles. The van der Waals surface area contributed by atoms with Crippen LogP contribution >= 0.6 is 0 Å². The quantitative estimate of drug-likeness (QED) is 0.891. The molecular weight excluding hydrogens is 248 g/mol. The van der Waals surface area contributed by atoms with E-state index >= 15 is 0 Å². The van der Waals surface area contributed by atoms with Crippen LogP contribution in [0.25, 0.3) is 5.57 Å². The molecule has 0 spiro atoms. The lowest BCUT2D eigenvalue weighted by Crippen LogP contribution is -2.36. The van der Waals surface area contributed by atoms with Crippen molar-refractivity contribution in [2.45, 2.75) is 31.7 Å². The molecule has 0 saturated heterocycles. The van der Waals surface area contributed by atoms with Crippen molar-refractivity contribution < 1.29 is 4.79 Å². The molecule has 20 heavy (non-hydrogen) atoms. The Morgan fingerprint density at radius 1 is 1.25 bits per heavy atom. The Balaban J connectivity index is 1.49. The van der Waals surface area contributed by atoms with E-state index in [1.807, 2.05) is 11.0 Å². The number of benzene rings is 1. The van der Waals surface area contributed by atoms with Crippen molar-refractivity contribution in [3.8, 4) is 0 Å². The molecule has 1 heterocycles. The zero-order valence-corrected chi connectivity index (χ0v) is 11.8. The van der Waals surface area contributed by atoms with Gasteiger partial charge in [0.1, 0.15) is 0 Å². The van der Waals surface area contributed by atoms with Gasteiger partial charge in [0.15, 0.2) is 0 Å². The topological polar surface area (TPSA) is 32.3 Å². The second-order valence-corrected chi connectivity index (χ2v) is 5.66. The van der Waals surface area contributed by atoms with Crippen LogP contribution in [0.15, 0.2) is 36.4 Å². The summed E-state index contributed by atoms with van der Waals surface area (Å²) in [7, 11) is 0. The predicted molar refractivity (Wildman–Crippen MR) is 81.3 cm³/mol. The highest BCUT2D eigenvalue weighted by molar-refractivity contribution is 5.78. The molecule has 1 N–H and O–H groups in total. The van der Waals surface area contributed by atoms with Crippen molar-refractivity contribution in [3.63, 3.8) is 0 Å². The minimum Gasteiger partial charge on any atom is -0.339 e. The zero-order valence-electron chi connectivity index (χ0n) is 11.8. The number of carbonyl (C=O) groups excluding carboxylic acids is 1. The summed E-state index contributed by atoms with van der Waals surface area (Å²) in [6.07, 6.45) is 6.35. The maximum atomic E-state index is 12.1. The van der Waals surface area contributed by atoms with E-state index in [9.17, 15) is 4.79 Å². The number of rotatable bonds is 5. The molecule has 0 radical (unpaired) electrons. The number of hydrogen-bond acceptors (Lipinski definition) is 2. The molecule has 2 aliphatic rings. The van der Waals surface area contributed by atoms with E-state index in [0.717, 1.165) is 26.1 Å². The van der Waals surface area contributed by atoms with Crippen LogP contribution in [-0.4, -0.2) is 36.5 Å². The van der Waals surface area contributed by atoms with Crippen LogP contribution in [-0.2, 0) is 4.79 Å². The van der Waals surface area contributed by atoms with Gasteiger partial charge < -0.3 is 10.2 Å². The zero-order chi connectivity index (χ0) is 13.8. The van der Waals surface area contributed by atoms with Gasteiger partial charge in [-0.15, -0.1) is 0 Å². The molecule has 1 saturated carbocycles. The number of amides is 1. The summed E-state index contributed by atoms with van der Waals surface area (Å²) in [6, 6.07) is 11.1. The molecule has 0 atom stereocenters. The Morgan fingerprint density at radius 3 is 2.70 bits per heavy atom. The second kappa shape index (κ2) is 6.23. The first kappa shape index (κ1) is 13.4. The first-order valence-corrected chi connectivity index (χ1v) is 7.58. The van der Waals surface area contributed by atoms with Crippen molar-refractivity contribution in [3.05, 3.63) is 42.0 Å². The molecule has 0 unspecified atom stereocenters. The minimum atomic E-state index is 0.279. The minimum absolute atomic E-state index is 0.279. The van der Waals surface area contributed by atoms with Crippen LogP contribution < -0.4 is 5.32 Å². The summed E-state index contributed by atoms with van der Waals surface area (Å²) in [5.41, 5.74) is 2.65. The molecule has 1 aliphatic heterocycles. The van der Waals surface area contributed by atoms with Crippen molar-refractivity contribution in [1.29, 1.82) is 0 Å². The van der Waals surface area contributed by atoms with Crippen LogP contribution in [0, 0.1) is 0 Å². The summed E-state index contributed by atoms with van der Waals surface area (Å²) in [5.74, 6) is 0.279. The van der Waals surface area contributed by atoms with E-state index in [4.69, 9.17) is 0 Å². The third-order valence-electron chi connectivity index (χ3n) is 4.06. The lowest BCUT2D eigenvalue weighted by atomic mass is 9.99. The van der Waals surface area contributed by atoms with E-state index < -0.39 is 0 Å². The van der Waals surface area contributed by atoms with Crippen molar-refractivity contribution in [2.24, 2.45) is 0 Å². The highest BCUT2D eigenvalue weighted by Crippen LogP contribution is 2.22. The maximum absolute atomic E-state index is 12.1. The second-order valence-electron chi connectivity index (χ2n) is 5.66. The Bertz CT molecular complexity index is 491. The monoisotopic (exact) mass is 270 g/mol. The highest BCUT2D eigenvalue weighted by atomic mass is 16.2. The summed E-state index contributed by atoms with van der Waals surface area (Å²) in [4.78, 5) is 14.1. The molecule has 1 aromatic carbocycles. The average Bonchev–Trinajstić information content (AvgIpc) is 3.32. The Morgan fingerprint density at radius 2 is 2.05 bits per heavy atom. The number of nitrogens with one attached hydrogen (secondary N) is 1. The van der Waals surface area contributed by atoms with Gasteiger partial charge >= 0.3 is 0 Å². The SMILES string of the molecule is O=C(CCNC1CC1)N1CC=C(c2ccccc2)CC1. The van der Waals surface area contributed by atoms with E-state index in [1.54, 1.807) is 0 Å². The van der Waals surface area contributed by atoms with Gasteiger partial charge in [-0.3, -0.25) is 4.79 Å². The first-order valence-electron chi connectivity index (χ1n) is 7.58. The molecule has 3 heteroatoms. The van der Waals surface area contributed by atoms with Crippen LogP contribution in [0.4, 0.5) is 0 Å². The number of hydrogen-bond donors (Lipinski definition) is 1. The van der Waals surface area contributed by atoms with Gasteiger partial charge in [0.2, 0.25) is 5.91 Å². The summed E-state index contributed by atoms with van der Waals surface area (Å²) in [5, 5.41) is 3.40. The van der Waals surface area contributed by atoms with E-state index in [-0.39, 0.29) is 5.91 Å². The fraction of sp³-hybridized carbons (Fsp3) is 0.471. The fourth-order valence-electron chi connectivity index (χ4n) is 2.64. The highest BCUT2D eigenvalue weighted by Gasteiger charge is 2.21. The molecular formula is C17H22N2O. The van der Waals surface area contributed by atoms with Gasteiger partial charge in [-0.05, 0) is 30.4 Å².